The lowest BCUT2D eigenvalue weighted by atomic mass is 9.93. The monoisotopic (exact) mass is 401 g/mol. The molecule has 30 heavy (non-hydrogen) atoms. The summed E-state index contributed by atoms with van der Waals surface area (Å²) in [7, 11) is 0. The third-order valence-corrected chi connectivity index (χ3v) is 6.34. The number of likely N-dealkylation sites (tertiary alicyclic amines) is 1. The topological polar surface area (TPSA) is 73.9 Å². The van der Waals surface area contributed by atoms with Crippen LogP contribution in [0.1, 0.15) is 53.6 Å². The van der Waals surface area contributed by atoms with E-state index in [1.54, 1.807) is 6.07 Å². The van der Waals surface area contributed by atoms with Gasteiger partial charge in [-0.15, -0.1) is 0 Å². The molecule has 2 N–H and O–H groups in total. The summed E-state index contributed by atoms with van der Waals surface area (Å²) >= 11 is 0. The van der Waals surface area contributed by atoms with E-state index in [0.29, 0.717) is 11.9 Å². The summed E-state index contributed by atoms with van der Waals surface area (Å²) in [6.45, 7) is 2.94. The Labute approximate surface area is 176 Å². The van der Waals surface area contributed by atoms with Crippen LogP contribution in [0.4, 0.5) is 5.95 Å². The van der Waals surface area contributed by atoms with Crippen LogP contribution in [-0.4, -0.2) is 32.9 Å². The van der Waals surface area contributed by atoms with Crippen molar-refractivity contribution in [1.29, 1.82) is 0 Å². The maximum atomic E-state index is 12.3. The van der Waals surface area contributed by atoms with Crippen molar-refractivity contribution in [1.82, 2.24) is 19.9 Å². The maximum absolute atomic E-state index is 12.3. The van der Waals surface area contributed by atoms with Crippen LogP contribution < -0.4 is 10.9 Å². The molecule has 1 fully saturated rings. The highest BCUT2D eigenvalue weighted by molar-refractivity contribution is 5.40. The molecule has 154 valence electrons. The number of aromatic nitrogens is 3. The summed E-state index contributed by atoms with van der Waals surface area (Å²) in [6, 6.07) is 14.5. The molecule has 1 aromatic carbocycles. The number of anilines is 1. The van der Waals surface area contributed by atoms with Crippen molar-refractivity contribution in [2.45, 2.75) is 44.2 Å². The number of nitrogens with zero attached hydrogens (tertiary/aromatic N) is 3. The maximum Gasteiger partial charge on any atom is 0.252 e. The summed E-state index contributed by atoms with van der Waals surface area (Å²) in [5.41, 5.74) is 4.78. The van der Waals surface area contributed by atoms with Crippen molar-refractivity contribution in [3.05, 3.63) is 87.6 Å². The molecule has 2 aromatic heterocycles. The number of nitrogens with one attached hydrogen (secondary N) is 2. The van der Waals surface area contributed by atoms with E-state index in [9.17, 15) is 4.79 Å². The van der Waals surface area contributed by atoms with Gasteiger partial charge in [-0.2, -0.15) is 0 Å². The molecule has 0 amide bonds. The lowest BCUT2D eigenvalue weighted by Gasteiger charge is -2.31. The van der Waals surface area contributed by atoms with Crippen LogP contribution in [-0.2, 0) is 13.0 Å². The van der Waals surface area contributed by atoms with Crippen LogP contribution in [0.5, 0.6) is 0 Å². The molecule has 6 heteroatoms. The van der Waals surface area contributed by atoms with Gasteiger partial charge in [0.2, 0.25) is 5.95 Å². The zero-order valence-electron chi connectivity index (χ0n) is 17.1. The van der Waals surface area contributed by atoms with Gasteiger partial charge in [-0.25, -0.2) is 4.98 Å². The fraction of sp³-hybridized carbons (Fsp3) is 0.375. The molecule has 0 bridgehead atoms. The Morgan fingerprint density at radius 1 is 1.10 bits per heavy atom. The molecule has 5 rings (SSSR count). The highest BCUT2D eigenvalue weighted by Gasteiger charge is 2.25. The van der Waals surface area contributed by atoms with Crippen LogP contribution in [0.25, 0.3) is 0 Å². The highest BCUT2D eigenvalue weighted by atomic mass is 16.1. The molecule has 3 aromatic rings. The summed E-state index contributed by atoms with van der Waals surface area (Å²) in [4.78, 5) is 26.7. The Bertz CT molecular complexity index is 1060. The zero-order chi connectivity index (χ0) is 20.3. The van der Waals surface area contributed by atoms with E-state index in [1.165, 1.54) is 16.7 Å². The second-order valence-electron chi connectivity index (χ2n) is 8.36. The molecule has 0 radical (unpaired) electrons. The molecular weight excluding hydrogens is 374 g/mol. The van der Waals surface area contributed by atoms with Gasteiger partial charge in [0.1, 0.15) is 0 Å². The van der Waals surface area contributed by atoms with Gasteiger partial charge >= 0.3 is 0 Å². The first-order valence-electron chi connectivity index (χ1n) is 10.8. The number of fused-ring (bicyclic) bond motifs is 1. The zero-order valence-corrected chi connectivity index (χ0v) is 17.1. The summed E-state index contributed by atoms with van der Waals surface area (Å²) in [5, 5.41) is 3.47. The molecule has 1 aliphatic heterocycles. The average Bonchev–Trinajstić information content (AvgIpc) is 3.17. The van der Waals surface area contributed by atoms with Gasteiger partial charge in [-0.3, -0.25) is 19.7 Å². The van der Waals surface area contributed by atoms with E-state index in [-0.39, 0.29) is 11.6 Å². The van der Waals surface area contributed by atoms with Gasteiger partial charge in [-0.1, -0.05) is 30.3 Å². The number of pyridine rings is 1. The summed E-state index contributed by atoms with van der Waals surface area (Å²) in [6.07, 6.45) is 7.87. The smallest absolute Gasteiger partial charge is 0.252 e. The first-order valence-corrected chi connectivity index (χ1v) is 10.8. The molecule has 0 spiro atoms. The SMILES string of the molecule is O=c1cc(C2CCN(Cc3cccnc3)CC2)nc(N[C@@H]2CCc3ccccc32)[nH]1. The average molecular weight is 402 g/mol. The number of aromatic amines is 1. The molecular formula is C24H27N5O. The van der Waals surface area contributed by atoms with Gasteiger partial charge in [-0.05, 0) is 61.5 Å². The fourth-order valence-corrected chi connectivity index (χ4v) is 4.76. The van der Waals surface area contributed by atoms with E-state index >= 15 is 0 Å². The van der Waals surface area contributed by atoms with Gasteiger partial charge in [0, 0.05) is 30.9 Å². The van der Waals surface area contributed by atoms with E-state index < -0.39 is 0 Å². The molecule has 0 saturated carbocycles. The fourth-order valence-electron chi connectivity index (χ4n) is 4.76. The van der Waals surface area contributed by atoms with Crippen LogP contribution >= 0.6 is 0 Å². The van der Waals surface area contributed by atoms with Crippen molar-refractivity contribution in [3.63, 3.8) is 0 Å². The first kappa shape index (κ1) is 19.0. The normalized spacial score (nSPS) is 19.5. The standard InChI is InChI=1S/C24H27N5O/c30-23-14-22(19-9-12-29(13-10-19)16-17-4-3-11-25-15-17)27-24(28-23)26-21-8-7-18-5-1-2-6-20(18)21/h1-6,11,14-15,19,21H,7-10,12-13,16H2,(H2,26,27,28,30)/t21-/m1/s1. The predicted octanol–water partition coefficient (Wildman–Crippen LogP) is 3.64. The second kappa shape index (κ2) is 8.40. The van der Waals surface area contributed by atoms with E-state index in [2.05, 4.69) is 50.5 Å². The lowest BCUT2D eigenvalue weighted by Crippen LogP contribution is -2.33. The number of aryl methyl sites for hydroxylation is 1. The van der Waals surface area contributed by atoms with Crippen molar-refractivity contribution >= 4 is 5.95 Å². The number of benzene rings is 1. The Morgan fingerprint density at radius 3 is 2.80 bits per heavy atom. The minimum absolute atomic E-state index is 0.0772. The van der Waals surface area contributed by atoms with E-state index in [4.69, 9.17) is 4.98 Å². The van der Waals surface area contributed by atoms with Crippen molar-refractivity contribution < 1.29 is 0 Å². The number of hydrogen-bond donors (Lipinski definition) is 2. The minimum Gasteiger partial charge on any atom is -0.349 e. The predicted molar refractivity (Wildman–Crippen MR) is 117 cm³/mol. The Hall–Kier alpha value is -2.99. The number of piperidine rings is 1. The van der Waals surface area contributed by atoms with Crippen LogP contribution in [0.3, 0.4) is 0 Å². The van der Waals surface area contributed by atoms with Gasteiger partial charge < -0.3 is 5.32 Å². The number of H-pyrrole nitrogens is 1. The molecule has 1 saturated heterocycles. The van der Waals surface area contributed by atoms with Crippen molar-refractivity contribution in [2.75, 3.05) is 18.4 Å². The Morgan fingerprint density at radius 2 is 1.97 bits per heavy atom. The molecule has 3 heterocycles. The third kappa shape index (κ3) is 4.14. The molecule has 0 unspecified atom stereocenters. The molecule has 2 aliphatic rings. The largest absolute Gasteiger partial charge is 0.349 e. The minimum atomic E-state index is -0.0772. The second-order valence-corrected chi connectivity index (χ2v) is 8.36. The van der Waals surface area contributed by atoms with E-state index in [0.717, 1.165) is 51.0 Å². The number of rotatable bonds is 5. The molecule has 1 aliphatic carbocycles. The quantitative estimate of drug-likeness (QED) is 0.683. The van der Waals surface area contributed by atoms with Crippen molar-refractivity contribution in [2.24, 2.45) is 0 Å². The summed E-state index contributed by atoms with van der Waals surface area (Å²) in [5.74, 6) is 0.922. The van der Waals surface area contributed by atoms with Gasteiger partial charge in [0.05, 0.1) is 11.7 Å². The van der Waals surface area contributed by atoms with Crippen molar-refractivity contribution in [3.8, 4) is 0 Å². The van der Waals surface area contributed by atoms with Gasteiger partial charge in [0.15, 0.2) is 0 Å². The van der Waals surface area contributed by atoms with Crippen LogP contribution in [0.2, 0.25) is 0 Å². The third-order valence-electron chi connectivity index (χ3n) is 6.34. The Kier molecular flexibility index (Phi) is 5.32. The molecule has 6 nitrogen and oxygen atoms in total. The van der Waals surface area contributed by atoms with E-state index in [1.807, 2.05) is 18.5 Å². The van der Waals surface area contributed by atoms with Gasteiger partial charge in [0.25, 0.3) is 5.56 Å². The lowest BCUT2D eigenvalue weighted by molar-refractivity contribution is 0.203. The highest BCUT2D eigenvalue weighted by Crippen LogP contribution is 2.33. The van der Waals surface area contributed by atoms with Crippen LogP contribution in [0.15, 0.2) is 59.7 Å². The first-order chi connectivity index (χ1) is 14.7. The number of hydrogen-bond acceptors (Lipinski definition) is 5. The van der Waals surface area contributed by atoms with Crippen LogP contribution in [0, 0.1) is 0 Å². The Balaban J connectivity index is 1.25. The molecule has 1 atom stereocenters. The summed E-state index contributed by atoms with van der Waals surface area (Å²) < 4.78 is 0.